The van der Waals surface area contributed by atoms with Crippen molar-refractivity contribution in [2.75, 3.05) is 0 Å². The molecule has 0 atom stereocenters. The molecule has 0 heterocycles. The number of hydrogen-bond acceptors (Lipinski definition) is 0. The summed E-state index contributed by atoms with van der Waals surface area (Å²) in [7, 11) is 0. The molecule has 0 aliphatic heterocycles. The van der Waals surface area contributed by atoms with E-state index >= 15 is 0 Å². The highest BCUT2D eigenvalue weighted by molar-refractivity contribution is 5.27. The second-order valence-electron chi connectivity index (χ2n) is 4.03. The minimum Gasteiger partial charge on any atom is -0.103 e. The molecule has 0 nitrogen and oxygen atoms in total. The maximum absolute atomic E-state index is 3.82. The minimum atomic E-state index is 1.02. The molecular weight excluding hydrogens is 228 g/mol. The van der Waals surface area contributed by atoms with Gasteiger partial charge in [-0.15, -0.1) is 6.58 Å². The van der Waals surface area contributed by atoms with Crippen molar-refractivity contribution >= 4 is 0 Å². The number of hydrogen-bond donors (Lipinski definition) is 0. The van der Waals surface area contributed by atoms with Crippen molar-refractivity contribution in [3.8, 4) is 0 Å². The van der Waals surface area contributed by atoms with Crippen LogP contribution in [0.2, 0.25) is 0 Å². The van der Waals surface area contributed by atoms with E-state index in [1.807, 2.05) is 27.7 Å². The smallest absolute Gasteiger partial charge is 0.0314 e. The molecule has 0 unspecified atom stereocenters. The zero-order valence-corrected chi connectivity index (χ0v) is 14.7. The molecule has 0 aliphatic carbocycles. The van der Waals surface area contributed by atoms with Gasteiger partial charge in [0.15, 0.2) is 0 Å². The highest BCUT2D eigenvalue weighted by Gasteiger charge is 1.88. The lowest BCUT2D eigenvalue weighted by molar-refractivity contribution is 1.16. The number of allylic oxidation sites excluding steroid dienone is 6. The topological polar surface area (TPSA) is 0 Å². The van der Waals surface area contributed by atoms with Gasteiger partial charge in [0, 0.05) is 0 Å². The summed E-state index contributed by atoms with van der Waals surface area (Å²) in [5, 5.41) is 0. The van der Waals surface area contributed by atoms with E-state index in [9.17, 15) is 0 Å². The van der Waals surface area contributed by atoms with Gasteiger partial charge in [0.05, 0.1) is 0 Å². The molecule has 0 amide bonds. The first-order chi connectivity index (χ1) is 8.78. The van der Waals surface area contributed by atoms with Crippen molar-refractivity contribution in [2.24, 2.45) is 0 Å². The molecule has 0 radical (unpaired) electrons. The molecule has 0 aliphatic rings. The Morgan fingerprint density at radius 1 is 0.947 bits per heavy atom. The van der Waals surface area contributed by atoms with Crippen LogP contribution in [0.25, 0.3) is 0 Å². The molecule has 0 aromatic rings. The van der Waals surface area contributed by atoms with Crippen LogP contribution >= 0.6 is 0 Å². The van der Waals surface area contributed by atoms with Crippen LogP contribution in [-0.2, 0) is 0 Å². The van der Waals surface area contributed by atoms with Gasteiger partial charge in [-0.1, -0.05) is 75.0 Å². The summed E-state index contributed by atoms with van der Waals surface area (Å²) < 4.78 is 0. The maximum atomic E-state index is 3.82. The van der Waals surface area contributed by atoms with E-state index in [0.717, 1.165) is 12.0 Å². The summed E-state index contributed by atoms with van der Waals surface area (Å²) >= 11 is 0. The van der Waals surface area contributed by atoms with Crippen molar-refractivity contribution in [2.45, 2.75) is 61.8 Å². The molecule has 0 saturated carbocycles. The third kappa shape index (κ3) is 31.5. The van der Waals surface area contributed by atoms with E-state index < -0.39 is 0 Å². The summed E-state index contributed by atoms with van der Waals surface area (Å²) in [4.78, 5) is 0. The SMILES string of the molecule is C=C(C)C(C)=C(C)C.C=CC.C=CC(=C)CC.CC. The van der Waals surface area contributed by atoms with Crippen LogP contribution in [0.15, 0.2) is 60.8 Å². The Morgan fingerprint density at radius 2 is 1.26 bits per heavy atom. The van der Waals surface area contributed by atoms with Crippen LogP contribution in [0, 0.1) is 0 Å². The average molecular weight is 264 g/mol. The average Bonchev–Trinajstić information content (AvgIpc) is 2.40. The van der Waals surface area contributed by atoms with Gasteiger partial charge < -0.3 is 0 Å². The van der Waals surface area contributed by atoms with Gasteiger partial charge in [0.25, 0.3) is 0 Å². The van der Waals surface area contributed by atoms with Crippen LogP contribution in [0.4, 0.5) is 0 Å². The lowest BCUT2D eigenvalue weighted by atomic mass is 10.1. The molecule has 0 aromatic carbocycles. The first-order valence-electron chi connectivity index (χ1n) is 6.95. The molecule has 0 saturated heterocycles. The predicted molar refractivity (Wildman–Crippen MR) is 95.7 cm³/mol. The van der Waals surface area contributed by atoms with Crippen LogP contribution in [0.1, 0.15) is 61.8 Å². The summed E-state index contributed by atoms with van der Waals surface area (Å²) in [5.74, 6) is 0. The minimum absolute atomic E-state index is 1.02. The third-order valence-electron chi connectivity index (χ3n) is 2.13. The van der Waals surface area contributed by atoms with E-state index in [4.69, 9.17) is 0 Å². The molecule has 0 fully saturated rings. The molecular formula is C19H36. The van der Waals surface area contributed by atoms with Gasteiger partial charge in [-0.25, -0.2) is 0 Å². The maximum Gasteiger partial charge on any atom is -0.0314 e. The molecule has 0 aromatic heterocycles. The van der Waals surface area contributed by atoms with Crippen molar-refractivity contribution in [1.29, 1.82) is 0 Å². The van der Waals surface area contributed by atoms with Crippen molar-refractivity contribution in [3.63, 3.8) is 0 Å². The Morgan fingerprint density at radius 3 is 1.26 bits per heavy atom. The fourth-order valence-electron chi connectivity index (χ4n) is 0.571. The third-order valence-corrected chi connectivity index (χ3v) is 2.13. The lowest BCUT2D eigenvalue weighted by Gasteiger charge is -1.99. The van der Waals surface area contributed by atoms with E-state index in [0.29, 0.717) is 0 Å². The quantitative estimate of drug-likeness (QED) is 0.371. The molecule has 0 spiro atoms. The molecule has 0 bridgehead atoms. The molecule has 0 heteroatoms. The Bertz CT molecular complexity index is 270. The van der Waals surface area contributed by atoms with E-state index in [2.05, 4.69) is 54.0 Å². The van der Waals surface area contributed by atoms with Crippen LogP contribution in [-0.4, -0.2) is 0 Å². The van der Waals surface area contributed by atoms with Gasteiger partial charge >= 0.3 is 0 Å². The van der Waals surface area contributed by atoms with Crippen LogP contribution < -0.4 is 0 Å². The fraction of sp³-hybridized carbons (Fsp3) is 0.474. The normalized spacial score (nSPS) is 6.95. The van der Waals surface area contributed by atoms with Gasteiger partial charge in [-0.3, -0.25) is 0 Å². The zero-order chi connectivity index (χ0) is 16.4. The molecule has 0 N–H and O–H groups in total. The molecule has 112 valence electrons. The molecule has 0 rings (SSSR count). The van der Waals surface area contributed by atoms with E-state index in [1.165, 1.54) is 16.7 Å². The summed E-state index contributed by atoms with van der Waals surface area (Å²) in [6, 6.07) is 0. The highest BCUT2D eigenvalue weighted by Crippen LogP contribution is 2.09. The predicted octanol–water partition coefficient (Wildman–Crippen LogP) is 7.28. The second-order valence-corrected chi connectivity index (χ2v) is 4.03. The fourth-order valence-corrected chi connectivity index (χ4v) is 0.571. The van der Waals surface area contributed by atoms with Crippen molar-refractivity contribution in [1.82, 2.24) is 0 Å². The monoisotopic (exact) mass is 264 g/mol. The van der Waals surface area contributed by atoms with Gasteiger partial charge in [0.1, 0.15) is 0 Å². The lowest BCUT2D eigenvalue weighted by Crippen LogP contribution is -1.78. The zero-order valence-electron chi connectivity index (χ0n) is 14.7. The molecule has 19 heavy (non-hydrogen) atoms. The summed E-state index contributed by atoms with van der Waals surface area (Å²) in [6.07, 6.45) is 4.55. The highest BCUT2D eigenvalue weighted by atomic mass is 13.9. The first-order valence-corrected chi connectivity index (χ1v) is 6.95. The van der Waals surface area contributed by atoms with Crippen LogP contribution in [0.5, 0.6) is 0 Å². The van der Waals surface area contributed by atoms with Crippen molar-refractivity contribution in [3.05, 3.63) is 60.8 Å². The first kappa shape index (κ1) is 26.3. The number of rotatable bonds is 3. The summed E-state index contributed by atoms with van der Waals surface area (Å²) in [5.41, 5.74) is 4.96. The second kappa shape index (κ2) is 21.9. The van der Waals surface area contributed by atoms with Gasteiger partial charge in [-0.05, 0) is 41.0 Å². The van der Waals surface area contributed by atoms with Gasteiger partial charge in [0.2, 0.25) is 0 Å². The Hall–Kier alpha value is -1.30. The van der Waals surface area contributed by atoms with E-state index in [-0.39, 0.29) is 0 Å². The van der Waals surface area contributed by atoms with E-state index in [1.54, 1.807) is 12.2 Å². The van der Waals surface area contributed by atoms with Crippen LogP contribution in [0.3, 0.4) is 0 Å². The largest absolute Gasteiger partial charge is 0.103 e. The Labute approximate surface area is 123 Å². The Kier molecular flexibility index (Phi) is 30.4. The summed E-state index contributed by atoms with van der Waals surface area (Å²) in [6.45, 7) is 30.7. The Balaban J connectivity index is -0.0000000904. The van der Waals surface area contributed by atoms with Gasteiger partial charge in [-0.2, -0.15) is 0 Å². The van der Waals surface area contributed by atoms with Crippen molar-refractivity contribution < 1.29 is 0 Å². The standard InChI is InChI=1S/C8H14.C6H10.C3H6.C2H6/c1-6(2)8(5)7(3)4;1-4-6(3)5-2;1-3-2;1-2/h1H2,2-5H3;4H,1,3,5H2,2H3;3H,1H2,2H3;1-2H3.